The van der Waals surface area contributed by atoms with E-state index in [4.69, 9.17) is 9.47 Å². The number of hydrogen-bond donors (Lipinski definition) is 3. The van der Waals surface area contributed by atoms with Gasteiger partial charge in [0.1, 0.15) is 12.6 Å². The molecule has 1 aliphatic rings. The molecule has 0 radical (unpaired) electrons. The molecule has 2 aromatic rings. The summed E-state index contributed by atoms with van der Waals surface area (Å²) in [6.07, 6.45) is -1.73. The number of amides is 2. The van der Waals surface area contributed by atoms with Gasteiger partial charge in [-0.05, 0) is 28.2 Å². The lowest BCUT2D eigenvalue weighted by atomic mass is 9.98. The van der Waals surface area contributed by atoms with E-state index in [9.17, 15) is 19.5 Å². The number of benzene rings is 2. The third-order valence-electron chi connectivity index (χ3n) is 5.58. The minimum Gasteiger partial charge on any atom is -0.480 e. The second-order valence-electron chi connectivity index (χ2n) is 8.00. The zero-order valence-electron chi connectivity index (χ0n) is 18.3. The molecule has 170 valence electrons. The normalized spacial score (nSPS) is 14.2. The highest BCUT2D eigenvalue weighted by atomic mass is 16.5. The molecule has 3 rings (SSSR count). The summed E-state index contributed by atoms with van der Waals surface area (Å²) in [6, 6.07) is 15.0. The van der Waals surface area contributed by atoms with Crippen molar-refractivity contribution in [2.75, 3.05) is 20.3 Å². The predicted octanol–water partition coefficient (Wildman–Crippen LogP) is 2.77. The summed E-state index contributed by atoms with van der Waals surface area (Å²) >= 11 is 0. The Morgan fingerprint density at radius 2 is 1.56 bits per heavy atom. The lowest BCUT2D eigenvalue weighted by molar-refractivity contribution is -0.145. The van der Waals surface area contributed by atoms with Crippen LogP contribution in [0, 0.1) is 5.92 Å². The van der Waals surface area contributed by atoms with Gasteiger partial charge in [0.15, 0.2) is 6.10 Å². The molecular formula is C24H28N2O6. The number of ether oxygens (including phenoxy) is 2. The van der Waals surface area contributed by atoms with E-state index in [0.717, 1.165) is 22.3 Å². The first kappa shape index (κ1) is 23.3. The second kappa shape index (κ2) is 10.3. The van der Waals surface area contributed by atoms with Crippen molar-refractivity contribution in [1.29, 1.82) is 0 Å². The fraction of sp³-hybridized carbons (Fsp3) is 0.375. The number of carbonyl (C=O) groups is 3. The number of alkyl carbamates (subject to hydrolysis) is 1. The lowest BCUT2D eigenvalue weighted by Gasteiger charge is -2.22. The Hall–Kier alpha value is -3.39. The highest BCUT2D eigenvalue weighted by Crippen LogP contribution is 2.44. The van der Waals surface area contributed by atoms with E-state index in [-0.39, 0.29) is 25.0 Å². The Balaban J connectivity index is 1.56. The summed E-state index contributed by atoms with van der Waals surface area (Å²) in [5.74, 6) is -2.12. The number of methoxy groups -OCH3 is 1. The number of hydrogen-bond acceptors (Lipinski definition) is 5. The third-order valence-corrected chi connectivity index (χ3v) is 5.58. The molecule has 0 bridgehead atoms. The van der Waals surface area contributed by atoms with Gasteiger partial charge in [0, 0.05) is 13.0 Å². The minimum absolute atomic E-state index is 0.0722. The fourth-order valence-corrected chi connectivity index (χ4v) is 3.87. The maximum Gasteiger partial charge on any atom is 0.407 e. The van der Waals surface area contributed by atoms with Gasteiger partial charge in [-0.15, -0.1) is 0 Å². The largest absolute Gasteiger partial charge is 0.480 e. The van der Waals surface area contributed by atoms with Crippen LogP contribution in [0.5, 0.6) is 0 Å². The molecule has 32 heavy (non-hydrogen) atoms. The van der Waals surface area contributed by atoms with E-state index < -0.39 is 30.1 Å². The van der Waals surface area contributed by atoms with Crippen LogP contribution >= 0.6 is 0 Å². The number of fused-ring (bicyclic) bond motifs is 3. The maximum atomic E-state index is 12.4. The molecule has 0 saturated heterocycles. The van der Waals surface area contributed by atoms with Crippen molar-refractivity contribution in [1.82, 2.24) is 10.6 Å². The zero-order chi connectivity index (χ0) is 23.3. The summed E-state index contributed by atoms with van der Waals surface area (Å²) < 4.78 is 10.6. The molecule has 0 heterocycles. The van der Waals surface area contributed by atoms with E-state index in [1.54, 1.807) is 13.8 Å². The van der Waals surface area contributed by atoms with Crippen molar-refractivity contribution >= 4 is 18.0 Å². The monoisotopic (exact) mass is 440 g/mol. The van der Waals surface area contributed by atoms with Gasteiger partial charge in [-0.3, -0.25) is 4.79 Å². The number of carboxylic acids is 1. The molecule has 8 heteroatoms. The van der Waals surface area contributed by atoms with Gasteiger partial charge in [0.05, 0.1) is 6.54 Å². The Morgan fingerprint density at radius 1 is 1.00 bits per heavy atom. The maximum absolute atomic E-state index is 12.4. The van der Waals surface area contributed by atoms with Gasteiger partial charge in [-0.2, -0.15) is 0 Å². The first-order valence-corrected chi connectivity index (χ1v) is 10.5. The molecule has 3 N–H and O–H groups in total. The average Bonchev–Trinajstić information content (AvgIpc) is 3.09. The van der Waals surface area contributed by atoms with E-state index in [0.29, 0.717) is 0 Å². The van der Waals surface area contributed by atoms with Crippen molar-refractivity contribution in [3.05, 3.63) is 59.7 Å². The number of carbonyl (C=O) groups excluding carboxylic acids is 2. The van der Waals surface area contributed by atoms with Crippen LogP contribution in [-0.2, 0) is 19.1 Å². The van der Waals surface area contributed by atoms with Crippen molar-refractivity contribution in [3.63, 3.8) is 0 Å². The highest BCUT2D eigenvalue weighted by Gasteiger charge is 2.30. The van der Waals surface area contributed by atoms with Crippen LogP contribution in [0.25, 0.3) is 11.1 Å². The van der Waals surface area contributed by atoms with Gasteiger partial charge in [0.25, 0.3) is 5.91 Å². The lowest BCUT2D eigenvalue weighted by Crippen LogP contribution is -2.51. The van der Waals surface area contributed by atoms with E-state index in [1.807, 2.05) is 36.4 Å². The van der Waals surface area contributed by atoms with Gasteiger partial charge in [-0.1, -0.05) is 62.4 Å². The first-order valence-electron chi connectivity index (χ1n) is 10.5. The molecule has 0 spiro atoms. The predicted molar refractivity (Wildman–Crippen MR) is 118 cm³/mol. The van der Waals surface area contributed by atoms with E-state index >= 15 is 0 Å². The summed E-state index contributed by atoms with van der Waals surface area (Å²) in [6.45, 7) is 3.38. The Labute approximate surface area is 186 Å². The van der Waals surface area contributed by atoms with Crippen molar-refractivity contribution in [3.8, 4) is 11.1 Å². The van der Waals surface area contributed by atoms with Crippen molar-refractivity contribution < 1.29 is 29.0 Å². The van der Waals surface area contributed by atoms with Gasteiger partial charge < -0.3 is 25.2 Å². The SMILES string of the molecule is COC(CNC(=O)OCC1c2ccccc2-c2ccccc21)C(=O)N[C@@H](C(=O)O)C(C)C. The second-order valence-corrected chi connectivity index (χ2v) is 8.00. The van der Waals surface area contributed by atoms with E-state index in [1.165, 1.54) is 7.11 Å². The third kappa shape index (κ3) is 5.08. The Kier molecular flexibility index (Phi) is 7.48. The minimum atomic E-state index is -1.13. The van der Waals surface area contributed by atoms with E-state index in [2.05, 4.69) is 22.8 Å². The number of carboxylic acid groups (broad SMARTS) is 1. The number of aliphatic carboxylic acids is 1. The summed E-state index contributed by atoms with van der Waals surface area (Å²) in [4.78, 5) is 35.9. The molecule has 2 atom stereocenters. The van der Waals surface area contributed by atoms with Gasteiger partial charge in [0.2, 0.25) is 0 Å². The van der Waals surface area contributed by atoms with Gasteiger partial charge in [-0.25, -0.2) is 9.59 Å². The molecule has 1 aliphatic carbocycles. The Bertz CT molecular complexity index is 944. The van der Waals surface area contributed by atoms with Crippen molar-refractivity contribution in [2.24, 2.45) is 5.92 Å². The smallest absolute Gasteiger partial charge is 0.407 e. The first-order chi connectivity index (χ1) is 15.3. The van der Waals surface area contributed by atoms with Crippen LogP contribution in [0.1, 0.15) is 30.9 Å². The van der Waals surface area contributed by atoms with Crippen LogP contribution in [-0.4, -0.2) is 55.5 Å². The van der Waals surface area contributed by atoms with Crippen LogP contribution in [0.4, 0.5) is 4.79 Å². The molecule has 0 fully saturated rings. The van der Waals surface area contributed by atoms with Crippen LogP contribution in [0.2, 0.25) is 0 Å². The highest BCUT2D eigenvalue weighted by molar-refractivity contribution is 5.87. The van der Waals surface area contributed by atoms with Crippen LogP contribution in [0.15, 0.2) is 48.5 Å². The van der Waals surface area contributed by atoms with Crippen LogP contribution in [0.3, 0.4) is 0 Å². The molecule has 8 nitrogen and oxygen atoms in total. The zero-order valence-corrected chi connectivity index (χ0v) is 18.3. The quantitative estimate of drug-likeness (QED) is 0.553. The fourth-order valence-electron chi connectivity index (χ4n) is 3.87. The molecular weight excluding hydrogens is 412 g/mol. The molecule has 1 unspecified atom stereocenters. The molecule has 2 aromatic carbocycles. The molecule has 0 aromatic heterocycles. The summed E-state index contributed by atoms with van der Waals surface area (Å²) in [5, 5.41) is 14.2. The Morgan fingerprint density at radius 3 is 2.06 bits per heavy atom. The number of rotatable bonds is 9. The topological polar surface area (TPSA) is 114 Å². The van der Waals surface area contributed by atoms with Crippen LogP contribution < -0.4 is 10.6 Å². The van der Waals surface area contributed by atoms with Gasteiger partial charge >= 0.3 is 12.1 Å². The molecule has 0 saturated carbocycles. The van der Waals surface area contributed by atoms with Crippen molar-refractivity contribution in [2.45, 2.75) is 31.9 Å². The average molecular weight is 440 g/mol. The molecule has 0 aliphatic heterocycles. The summed E-state index contributed by atoms with van der Waals surface area (Å²) in [5.41, 5.74) is 4.46. The number of nitrogens with one attached hydrogen (secondary N) is 2. The standard InChI is InChI=1S/C24H28N2O6/c1-14(2)21(23(28)29)26-22(27)20(31-3)12-25-24(30)32-13-19-17-10-6-4-8-15(17)16-9-5-7-11-18(16)19/h4-11,14,19-21H,12-13H2,1-3H3,(H,25,30)(H,26,27)(H,28,29)/t20?,21-/m1/s1. The summed E-state index contributed by atoms with van der Waals surface area (Å²) in [7, 11) is 1.31. The molecule has 2 amide bonds.